The molecule has 0 spiro atoms. The summed E-state index contributed by atoms with van der Waals surface area (Å²) in [4.78, 5) is 19.4. The topological polar surface area (TPSA) is 71.3 Å². The zero-order valence-corrected chi connectivity index (χ0v) is 19.0. The van der Waals surface area contributed by atoms with E-state index in [0.29, 0.717) is 24.2 Å². The van der Waals surface area contributed by atoms with Gasteiger partial charge in [-0.3, -0.25) is 9.69 Å². The highest BCUT2D eigenvalue weighted by molar-refractivity contribution is 5.78. The van der Waals surface area contributed by atoms with Gasteiger partial charge in [-0.1, -0.05) is 48.8 Å². The summed E-state index contributed by atoms with van der Waals surface area (Å²) in [7, 11) is 0. The van der Waals surface area contributed by atoms with Crippen LogP contribution in [0.15, 0.2) is 59.1 Å². The van der Waals surface area contributed by atoms with Gasteiger partial charge in [-0.2, -0.15) is 4.98 Å². The van der Waals surface area contributed by atoms with Crippen LogP contribution in [0.1, 0.15) is 37.6 Å². The van der Waals surface area contributed by atoms with Crippen LogP contribution in [0.25, 0.3) is 11.4 Å². The number of piperidine rings is 1. The minimum atomic E-state index is -0.296. The quantitative estimate of drug-likeness (QED) is 0.521. The highest BCUT2D eigenvalue weighted by atomic mass is 19.1. The minimum absolute atomic E-state index is 0.0490. The third kappa shape index (κ3) is 6.48. The summed E-state index contributed by atoms with van der Waals surface area (Å²) in [6.45, 7) is 5.08. The standard InChI is InChI=1S/C26H31FN4O2/c1-2-19(16-20-6-4-3-5-7-20)17-28-26(32)22-12-14-31(15-13-22)18-24-29-25(30-33-24)21-8-10-23(27)11-9-21/h3-11,19,22H,2,12-18H2,1H3,(H,28,32). The molecule has 1 saturated heterocycles. The molecule has 1 aliphatic heterocycles. The summed E-state index contributed by atoms with van der Waals surface area (Å²) < 4.78 is 18.5. The van der Waals surface area contributed by atoms with Gasteiger partial charge in [-0.25, -0.2) is 4.39 Å². The van der Waals surface area contributed by atoms with Gasteiger partial charge in [0.2, 0.25) is 17.6 Å². The number of hydrogen-bond donors (Lipinski definition) is 1. The summed E-state index contributed by atoms with van der Waals surface area (Å²) in [6, 6.07) is 16.5. The van der Waals surface area contributed by atoms with Crippen molar-refractivity contribution in [1.29, 1.82) is 0 Å². The largest absolute Gasteiger partial charge is 0.356 e. The van der Waals surface area contributed by atoms with Gasteiger partial charge in [0.25, 0.3) is 0 Å². The van der Waals surface area contributed by atoms with Crippen LogP contribution in [-0.4, -0.2) is 40.6 Å². The van der Waals surface area contributed by atoms with Crippen LogP contribution >= 0.6 is 0 Å². The number of halogens is 1. The molecule has 0 saturated carbocycles. The molecule has 1 aliphatic rings. The van der Waals surface area contributed by atoms with Gasteiger partial charge in [0.05, 0.1) is 6.54 Å². The summed E-state index contributed by atoms with van der Waals surface area (Å²) >= 11 is 0. The Balaban J connectivity index is 1.21. The number of aromatic nitrogens is 2. The average Bonchev–Trinajstić information content (AvgIpc) is 3.31. The maximum absolute atomic E-state index is 13.1. The Labute approximate surface area is 194 Å². The molecule has 4 rings (SSSR count). The highest BCUT2D eigenvalue weighted by Crippen LogP contribution is 2.21. The number of carbonyl (C=O) groups excluding carboxylic acids is 1. The smallest absolute Gasteiger partial charge is 0.241 e. The Morgan fingerprint density at radius 3 is 2.58 bits per heavy atom. The van der Waals surface area contributed by atoms with Gasteiger partial charge in [-0.15, -0.1) is 0 Å². The molecule has 1 atom stereocenters. The van der Waals surface area contributed by atoms with E-state index in [1.165, 1.54) is 17.7 Å². The van der Waals surface area contributed by atoms with Crippen molar-refractivity contribution in [3.63, 3.8) is 0 Å². The van der Waals surface area contributed by atoms with Crippen molar-refractivity contribution in [3.05, 3.63) is 71.9 Å². The zero-order chi connectivity index (χ0) is 23.0. The van der Waals surface area contributed by atoms with E-state index in [-0.39, 0.29) is 17.6 Å². The number of hydrogen-bond acceptors (Lipinski definition) is 5. The van der Waals surface area contributed by atoms with Crippen LogP contribution in [0.4, 0.5) is 4.39 Å². The van der Waals surface area contributed by atoms with Crippen molar-refractivity contribution in [2.75, 3.05) is 19.6 Å². The van der Waals surface area contributed by atoms with Gasteiger partial charge in [0.1, 0.15) is 5.82 Å². The molecule has 2 heterocycles. The predicted molar refractivity (Wildman–Crippen MR) is 125 cm³/mol. The van der Waals surface area contributed by atoms with E-state index in [0.717, 1.165) is 50.9 Å². The molecular weight excluding hydrogens is 419 g/mol. The lowest BCUT2D eigenvalue weighted by atomic mass is 9.94. The van der Waals surface area contributed by atoms with Gasteiger partial charge >= 0.3 is 0 Å². The maximum atomic E-state index is 13.1. The number of likely N-dealkylation sites (tertiary alicyclic amines) is 1. The second-order valence-corrected chi connectivity index (χ2v) is 8.78. The number of nitrogens with zero attached hydrogens (tertiary/aromatic N) is 3. The average molecular weight is 451 g/mol. The van der Waals surface area contributed by atoms with Crippen molar-refractivity contribution >= 4 is 5.91 Å². The molecule has 1 N–H and O–H groups in total. The second-order valence-electron chi connectivity index (χ2n) is 8.78. The lowest BCUT2D eigenvalue weighted by molar-refractivity contribution is -0.126. The molecule has 174 valence electrons. The Bertz CT molecular complexity index is 1010. The molecule has 1 amide bonds. The van der Waals surface area contributed by atoms with E-state index in [2.05, 4.69) is 51.5 Å². The molecule has 1 aromatic heterocycles. The van der Waals surface area contributed by atoms with E-state index in [9.17, 15) is 9.18 Å². The molecule has 33 heavy (non-hydrogen) atoms. The summed E-state index contributed by atoms with van der Waals surface area (Å²) in [5, 5.41) is 7.19. The Kier molecular flexibility index (Phi) is 7.83. The number of rotatable bonds is 9. The lowest BCUT2D eigenvalue weighted by Crippen LogP contribution is -2.41. The number of amides is 1. The summed E-state index contributed by atoms with van der Waals surface area (Å²) in [6.07, 6.45) is 3.67. The van der Waals surface area contributed by atoms with Gasteiger partial charge in [0, 0.05) is 18.0 Å². The predicted octanol–water partition coefficient (Wildman–Crippen LogP) is 4.47. The van der Waals surface area contributed by atoms with Crippen molar-refractivity contribution in [1.82, 2.24) is 20.4 Å². The first-order valence-electron chi connectivity index (χ1n) is 11.7. The zero-order valence-electron chi connectivity index (χ0n) is 19.0. The second kappa shape index (κ2) is 11.2. The first-order chi connectivity index (χ1) is 16.1. The van der Waals surface area contributed by atoms with Crippen LogP contribution in [-0.2, 0) is 17.8 Å². The van der Waals surface area contributed by atoms with Crippen LogP contribution < -0.4 is 5.32 Å². The third-order valence-corrected chi connectivity index (χ3v) is 6.40. The molecule has 0 aliphatic carbocycles. The van der Waals surface area contributed by atoms with Crippen molar-refractivity contribution in [2.45, 2.75) is 39.2 Å². The van der Waals surface area contributed by atoms with Gasteiger partial charge < -0.3 is 9.84 Å². The number of benzene rings is 2. The van der Waals surface area contributed by atoms with Crippen molar-refractivity contribution < 1.29 is 13.7 Å². The van der Waals surface area contributed by atoms with E-state index in [1.54, 1.807) is 12.1 Å². The fourth-order valence-electron chi connectivity index (χ4n) is 4.28. The molecule has 1 unspecified atom stereocenters. The normalized spacial score (nSPS) is 15.9. The summed E-state index contributed by atoms with van der Waals surface area (Å²) in [5.74, 6) is 1.36. The third-order valence-electron chi connectivity index (χ3n) is 6.40. The highest BCUT2D eigenvalue weighted by Gasteiger charge is 2.26. The van der Waals surface area contributed by atoms with Crippen LogP contribution in [0, 0.1) is 17.7 Å². The number of nitrogens with one attached hydrogen (secondary N) is 1. The Morgan fingerprint density at radius 1 is 1.15 bits per heavy atom. The lowest BCUT2D eigenvalue weighted by Gasteiger charge is -2.30. The van der Waals surface area contributed by atoms with E-state index in [1.807, 2.05) is 6.07 Å². The fraction of sp³-hybridized carbons (Fsp3) is 0.423. The van der Waals surface area contributed by atoms with Crippen LogP contribution in [0.2, 0.25) is 0 Å². The minimum Gasteiger partial charge on any atom is -0.356 e. The number of carbonyl (C=O) groups is 1. The summed E-state index contributed by atoms with van der Waals surface area (Å²) in [5.41, 5.74) is 2.04. The molecule has 0 bridgehead atoms. The molecule has 7 heteroatoms. The van der Waals surface area contributed by atoms with Crippen molar-refractivity contribution in [3.8, 4) is 11.4 Å². The molecule has 0 radical (unpaired) electrons. The van der Waals surface area contributed by atoms with Crippen LogP contribution in [0.3, 0.4) is 0 Å². The molecule has 1 fully saturated rings. The Hall–Kier alpha value is -3.06. The molecular formula is C26H31FN4O2. The first-order valence-corrected chi connectivity index (χ1v) is 11.7. The fourth-order valence-corrected chi connectivity index (χ4v) is 4.28. The van der Waals surface area contributed by atoms with Crippen LogP contribution in [0.5, 0.6) is 0 Å². The Morgan fingerprint density at radius 2 is 1.88 bits per heavy atom. The van der Waals surface area contributed by atoms with E-state index >= 15 is 0 Å². The SMILES string of the molecule is CCC(CNC(=O)C1CCN(Cc2nc(-c3ccc(F)cc3)no2)CC1)Cc1ccccc1. The van der Waals surface area contributed by atoms with E-state index < -0.39 is 0 Å². The monoisotopic (exact) mass is 450 g/mol. The maximum Gasteiger partial charge on any atom is 0.241 e. The van der Waals surface area contributed by atoms with Gasteiger partial charge in [-0.05, 0) is 68.1 Å². The molecule has 3 aromatic rings. The first kappa shape index (κ1) is 23.1. The van der Waals surface area contributed by atoms with Gasteiger partial charge in [0.15, 0.2) is 0 Å². The van der Waals surface area contributed by atoms with Crippen molar-refractivity contribution in [2.24, 2.45) is 11.8 Å². The molecule has 6 nitrogen and oxygen atoms in total. The van der Waals surface area contributed by atoms with E-state index in [4.69, 9.17) is 4.52 Å². The molecule has 2 aromatic carbocycles.